The zero-order chi connectivity index (χ0) is 10.3. The zero-order valence-electron chi connectivity index (χ0n) is 9.03. The molecule has 0 aliphatic heterocycles. The third-order valence-corrected chi connectivity index (χ3v) is 1.44. The van der Waals surface area contributed by atoms with Gasteiger partial charge in [0, 0.05) is 19.4 Å². The van der Waals surface area contributed by atoms with Gasteiger partial charge in [-0.15, -0.1) is 11.8 Å². The summed E-state index contributed by atoms with van der Waals surface area (Å²) in [7, 11) is 0. The van der Waals surface area contributed by atoms with Crippen molar-refractivity contribution in [1.82, 2.24) is 5.32 Å². The average Bonchev–Trinajstić information content (AvgIpc) is 1.94. The number of nitrogens with one attached hydrogen (secondary N) is 1. The van der Waals surface area contributed by atoms with E-state index in [2.05, 4.69) is 37.9 Å². The standard InChI is InChI=1S/C11H19NO/c1-5-6-7-8-12-10(13)9-11(2,3)4/h7-9H2,1-4H3,(H,12,13). The second-order valence-corrected chi connectivity index (χ2v) is 4.26. The topological polar surface area (TPSA) is 29.1 Å². The fourth-order valence-corrected chi connectivity index (χ4v) is 0.934. The first-order chi connectivity index (χ1) is 5.95. The monoisotopic (exact) mass is 181 g/mol. The van der Waals surface area contributed by atoms with Crippen molar-refractivity contribution in [3.8, 4) is 11.8 Å². The molecule has 0 aromatic carbocycles. The molecule has 0 heterocycles. The van der Waals surface area contributed by atoms with Crippen LogP contribution in [0.2, 0.25) is 0 Å². The first-order valence-electron chi connectivity index (χ1n) is 4.62. The summed E-state index contributed by atoms with van der Waals surface area (Å²) in [5, 5.41) is 2.83. The number of rotatable bonds is 3. The number of hydrogen-bond donors (Lipinski definition) is 1. The molecule has 0 saturated carbocycles. The summed E-state index contributed by atoms with van der Waals surface area (Å²) in [6.07, 6.45) is 1.32. The Morgan fingerprint density at radius 3 is 2.46 bits per heavy atom. The molecule has 13 heavy (non-hydrogen) atoms. The van der Waals surface area contributed by atoms with Gasteiger partial charge in [0.1, 0.15) is 0 Å². The molecule has 74 valence electrons. The van der Waals surface area contributed by atoms with Crippen LogP contribution in [-0.2, 0) is 4.79 Å². The normalized spacial score (nSPS) is 10.2. The van der Waals surface area contributed by atoms with Gasteiger partial charge in [0.05, 0.1) is 0 Å². The van der Waals surface area contributed by atoms with E-state index in [1.165, 1.54) is 0 Å². The van der Waals surface area contributed by atoms with Crippen LogP contribution in [0.4, 0.5) is 0 Å². The van der Waals surface area contributed by atoms with Crippen molar-refractivity contribution in [2.75, 3.05) is 6.54 Å². The van der Waals surface area contributed by atoms with Crippen LogP contribution in [0.5, 0.6) is 0 Å². The number of carbonyl (C=O) groups is 1. The smallest absolute Gasteiger partial charge is 0.220 e. The lowest BCUT2D eigenvalue weighted by Crippen LogP contribution is -2.28. The molecular formula is C11H19NO. The molecular weight excluding hydrogens is 162 g/mol. The molecule has 0 rings (SSSR count). The van der Waals surface area contributed by atoms with E-state index >= 15 is 0 Å². The number of hydrogen-bond acceptors (Lipinski definition) is 1. The highest BCUT2D eigenvalue weighted by Gasteiger charge is 2.14. The molecule has 0 fully saturated rings. The number of carbonyl (C=O) groups excluding carboxylic acids is 1. The number of amides is 1. The van der Waals surface area contributed by atoms with Gasteiger partial charge in [-0.2, -0.15) is 0 Å². The van der Waals surface area contributed by atoms with Gasteiger partial charge >= 0.3 is 0 Å². The van der Waals surface area contributed by atoms with E-state index in [9.17, 15) is 4.79 Å². The average molecular weight is 181 g/mol. The molecule has 0 unspecified atom stereocenters. The van der Waals surface area contributed by atoms with Crippen molar-refractivity contribution >= 4 is 5.91 Å². The summed E-state index contributed by atoms with van der Waals surface area (Å²) in [5.41, 5.74) is 0.0700. The maximum absolute atomic E-state index is 11.3. The van der Waals surface area contributed by atoms with E-state index in [1.54, 1.807) is 6.92 Å². The lowest BCUT2D eigenvalue weighted by molar-refractivity contribution is -0.122. The van der Waals surface area contributed by atoms with Crippen LogP contribution in [0.25, 0.3) is 0 Å². The van der Waals surface area contributed by atoms with E-state index in [-0.39, 0.29) is 11.3 Å². The molecule has 2 nitrogen and oxygen atoms in total. The Hall–Kier alpha value is -0.970. The molecule has 0 radical (unpaired) electrons. The first-order valence-corrected chi connectivity index (χ1v) is 4.62. The highest BCUT2D eigenvalue weighted by molar-refractivity contribution is 5.76. The van der Waals surface area contributed by atoms with Crippen LogP contribution in [-0.4, -0.2) is 12.5 Å². The quantitative estimate of drug-likeness (QED) is 0.523. The Bertz CT molecular complexity index is 214. The first kappa shape index (κ1) is 12.0. The van der Waals surface area contributed by atoms with Crippen LogP contribution in [0, 0.1) is 17.3 Å². The molecule has 2 heteroatoms. The van der Waals surface area contributed by atoms with Crippen LogP contribution in [0.15, 0.2) is 0 Å². The van der Waals surface area contributed by atoms with Crippen molar-refractivity contribution in [2.24, 2.45) is 5.41 Å². The summed E-state index contributed by atoms with van der Waals surface area (Å²) in [6, 6.07) is 0. The SMILES string of the molecule is CC#CCCNC(=O)CC(C)(C)C. The minimum absolute atomic E-state index is 0.0700. The van der Waals surface area contributed by atoms with Gasteiger partial charge in [0.25, 0.3) is 0 Å². The molecule has 0 aromatic rings. The predicted octanol–water partition coefficient (Wildman–Crippen LogP) is 1.95. The largest absolute Gasteiger partial charge is 0.355 e. The van der Waals surface area contributed by atoms with Gasteiger partial charge in [-0.3, -0.25) is 4.79 Å². The molecule has 0 bridgehead atoms. The Labute approximate surface area is 81.1 Å². The molecule has 0 aromatic heterocycles. The maximum Gasteiger partial charge on any atom is 0.220 e. The highest BCUT2D eigenvalue weighted by atomic mass is 16.1. The van der Waals surface area contributed by atoms with E-state index in [0.717, 1.165) is 6.42 Å². The Morgan fingerprint density at radius 2 is 2.00 bits per heavy atom. The van der Waals surface area contributed by atoms with Gasteiger partial charge in [0.2, 0.25) is 5.91 Å². The van der Waals surface area contributed by atoms with Crippen molar-refractivity contribution in [3.05, 3.63) is 0 Å². The molecule has 0 aliphatic rings. The van der Waals surface area contributed by atoms with E-state index in [4.69, 9.17) is 0 Å². The van der Waals surface area contributed by atoms with Crippen molar-refractivity contribution in [1.29, 1.82) is 0 Å². The molecule has 0 atom stereocenters. The zero-order valence-corrected chi connectivity index (χ0v) is 9.03. The van der Waals surface area contributed by atoms with Crippen LogP contribution in [0.1, 0.15) is 40.5 Å². The van der Waals surface area contributed by atoms with Gasteiger partial charge in [-0.1, -0.05) is 20.8 Å². The molecule has 1 N–H and O–H groups in total. The Balaban J connectivity index is 3.56. The minimum Gasteiger partial charge on any atom is -0.355 e. The molecule has 0 spiro atoms. The lowest BCUT2D eigenvalue weighted by Gasteiger charge is -2.16. The van der Waals surface area contributed by atoms with Crippen molar-refractivity contribution in [3.63, 3.8) is 0 Å². The highest BCUT2D eigenvalue weighted by Crippen LogP contribution is 2.17. The van der Waals surface area contributed by atoms with Gasteiger partial charge in [-0.05, 0) is 12.3 Å². The Kier molecular flexibility index (Phi) is 5.22. The van der Waals surface area contributed by atoms with E-state index < -0.39 is 0 Å². The van der Waals surface area contributed by atoms with Crippen LogP contribution < -0.4 is 5.32 Å². The third kappa shape index (κ3) is 8.94. The fourth-order valence-electron chi connectivity index (χ4n) is 0.934. The van der Waals surface area contributed by atoms with Gasteiger partial charge < -0.3 is 5.32 Å². The summed E-state index contributed by atoms with van der Waals surface area (Å²) in [6.45, 7) is 8.63. The summed E-state index contributed by atoms with van der Waals surface area (Å²) >= 11 is 0. The van der Waals surface area contributed by atoms with Crippen molar-refractivity contribution in [2.45, 2.75) is 40.5 Å². The van der Waals surface area contributed by atoms with E-state index in [0.29, 0.717) is 13.0 Å². The summed E-state index contributed by atoms with van der Waals surface area (Å²) in [5.74, 6) is 5.81. The molecule has 0 saturated heterocycles. The van der Waals surface area contributed by atoms with Crippen LogP contribution >= 0.6 is 0 Å². The second kappa shape index (κ2) is 5.64. The molecule has 1 amide bonds. The van der Waals surface area contributed by atoms with E-state index in [1.807, 2.05) is 0 Å². The minimum atomic E-state index is 0.0700. The maximum atomic E-state index is 11.3. The summed E-state index contributed by atoms with van der Waals surface area (Å²) < 4.78 is 0. The predicted molar refractivity (Wildman–Crippen MR) is 55.1 cm³/mol. The van der Waals surface area contributed by atoms with Crippen molar-refractivity contribution < 1.29 is 4.79 Å². The fraction of sp³-hybridized carbons (Fsp3) is 0.727. The second-order valence-electron chi connectivity index (χ2n) is 4.26. The van der Waals surface area contributed by atoms with Gasteiger partial charge in [-0.25, -0.2) is 0 Å². The molecule has 0 aliphatic carbocycles. The third-order valence-electron chi connectivity index (χ3n) is 1.44. The lowest BCUT2D eigenvalue weighted by atomic mass is 9.92. The summed E-state index contributed by atoms with van der Waals surface area (Å²) in [4.78, 5) is 11.3. The van der Waals surface area contributed by atoms with Gasteiger partial charge in [0.15, 0.2) is 0 Å². The Morgan fingerprint density at radius 1 is 1.38 bits per heavy atom. The van der Waals surface area contributed by atoms with Crippen LogP contribution in [0.3, 0.4) is 0 Å².